The van der Waals surface area contributed by atoms with E-state index in [9.17, 15) is 0 Å². The van der Waals surface area contributed by atoms with E-state index in [1.165, 1.54) is 11.3 Å². The second-order valence-electron chi connectivity index (χ2n) is 8.28. The standard InChI is InChI=1S/C27H23N7O3S/c1-35-19-11-10-16(13-21(19)36-2)14-29-27-30-15-18(25-32-24(33-34(25)27)20-9-6-12-37-20)22-23(38-26(28)31-22)17-7-4-3-5-8-17/h3-13,15H,14H2,1-2H3,(H2,28,31)(H,29,30). The molecular formula is C27H23N7O3S. The molecule has 0 saturated carbocycles. The molecule has 0 aliphatic heterocycles. The molecule has 0 fully saturated rings. The molecule has 2 aromatic carbocycles. The Morgan fingerprint density at radius 3 is 2.61 bits per heavy atom. The summed E-state index contributed by atoms with van der Waals surface area (Å²) >= 11 is 1.42. The number of hydrogen-bond donors (Lipinski definition) is 2. The number of fused-ring (bicyclic) bond motifs is 1. The summed E-state index contributed by atoms with van der Waals surface area (Å²) in [5, 5.41) is 8.53. The van der Waals surface area contributed by atoms with Crippen molar-refractivity contribution in [2.75, 3.05) is 25.3 Å². The fourth-order valence-electron chi connectivity index (χ4n) is 4.15. The van der Waals surface area contributed by atoms with E-state index < -0.39 is 0 Å². The van der Waals surface area contributed by atoms with Crippen molar-refractivity contribution in [3.8, 4) is 44.8 Å². The van der Waals surface area contributed by atoms with Crippen molar-refractivity contribution in [3.05, 3.63) is 78.7 Å². The smallest absolute Gasteiger partial charge is 0.226 e. The molecule has 0 saturated heterocycles. The van der Waals surface area contributed by atoms with E-state index in [0.717, 1.165) is 16.0 Å². The highest BCUT2D eigenvalue weighted by molar-refractivity contribution is 7.19. The van der Waals surface area contributed by atoms with E-state index in [0.29, 0.717) is 57.6 Å². The van der Waals surface area contributed by atoms with Gasteiger partial charge in [-0.1, -0.05) is 47.7 Å². The fraction of sp³-hybridized carbons (Fsp3) is 0.111. The Hall–Kier alpha value is -4.90. The summed E-state index contributed by atoms with van der Waals surface area (Å²) in [6.45, 7) is 0.469. The van der Waals surface area contributed by atoms with Crippen LogP contribution in [0.4, 0.5) is 11.1 Å². The van der Waals surface area contributed by atoms with Gasteiger partial charge in [-0.3, -0.25) is 0 Å². The molecule has 38 heavy (non-hydrogen) atoms. The zero-order chi connectivity index (χ0) is 26.1. The zero-order valence-electron chi connectivity index (χ0n) is 20.6. The molecule has 0 bridgehead atoms. The third-order valence-electron chi connectivity index (χ3n) is 5.94. The van der Waals surface area contributed by atoms with Crippen LogP contribution in [0.25, 0.3) is 38.9 Å². The van der Waals surface area contributed by atoms with E-state index in [2.05, 4.69) is 10.3 Å². The summed E-state index contributed by atoms with van der Waals surface area (Å²) < 4.78 is 18.0. The first-order valence-electron chi connectivity index (χ1n) is 11.7. The molecule has 0 spiro atoms. The number of ether oxygens (including phenoxy) is 2. The molecule has 0 radical (unpaired) electrons. The minimum Gasteiger partial charge on any atom is -0.493 e. The summed E-state index contributed by atoms with van der Waals surface area (Å²) in [7, 11) is 3.22. The molecule has 6 aromatic rings. The van der Waals surface area contributed by atoms with Crippen molar-refractivity contribution in [1.29, 1.82) is 0 Å². The van der Waals surface area contributed by atoms with E-state index in [4.69, 9.17) is 34.7 Å². The van der Waals surface area contributed by atoms with Gasteiger partial charge in [-0.15, -0.1) is 5.10 Å². The van der Waals surface area contributed by atoms with E-state index in [-0.39, 0.29) is 0 Å². The van der Waals surface area contributed by atoms with Crippen LogP contribution in [-0.2, 0) is 6.54 Å². The average molecular weight is 526 g/mol. The number of benzene rings is 2. The van der Waals surface area contributed by atoms with Crippen LogP contribution in [0.15, 0.2) is 77.5 Å². The Bertz CT molecular complexity index is 1710. The molecule has 0 atom stereocenters. The van der Waals surface area contributed by atoms with E-state index in [1.54, 1.807) is 37.3 Å². The highest BCUT2D eigenvalue weighted by Gasteiger charge is 2.22. The van der Waals surface area contributed by atoms with Gasteiger partial charge in [-0.2, -0.15) is 4.52 Å². The van der Waals surface area contributed by atoms with Crippen LogP contribution in [0.1, 0.15) is 5.56 Å². The summed E-state index contributed by atoms with van der Waals surface area (Å²) in [6.07, 6.45) is 3.33. The number of hydrogen-bond acceptors (Lipinski definition) is 10. The number of rotatable bonds is 8. The predicted molar refractivity (Wildman–Crippen MR) is 146 cm³/mol. The van der Waals surface area contributed by atoms with Gasteiger partial charge in [0.15, 0.2) is 28.0 Å². The van der Waals surface area contributed by atoms with E-state index in [1.807, 2.05) is 54.6 Å². The second kappa shape index (κ2) is 9.87. The normalized spacial score (nSPS) is 11.1. The third kappa shape index (κ3) is 4.28. The molecule has 0 aliphatic carbocycles. The van der Waals surface area contributed by atoms with Crippen molar-refractivity contribution < 1.29 is 13.9 Å². The molecule has 11 heteroatoms. The molecule has 3 N–H and O–H groups in total. The number of furan rings is 1. The predicted octanol–water partition coefficient (Wildman–Crippen LogP) is 5.39. The maximum Gasteiger partial charge on any atom is 0.226 e. The van der Waals surface area contributed by atoms with Gasteiger partial charge in [0.05, 0.1) is 36.6 Å². The van der Waals surface area contributed by atoms with E-state index >= 15 is 0 Å². The Balaban J connectivity index is 1.44. The first kappa shape index (κ1) is 23.5. The maximum absolute atomic E-state index is 6.16. The largest absolute Gasteiger partial charge is 0.493 e. The van der Waals surface area contributed by atoms with Crippen LogP contribution in [0.3, 0.4) is 0 Å². The molecule has 0 amide bonds. The Morgan fingerprint density at radius 1 is 1.00 bits per heavy atom. The van der Waals surface area contributed by atoms with Gasteiger partial charge in [0.2, 0.25) is 11.8 Å². The number of methoxy groups -OCH3 is 2. The summed E-state index contributed by atoms with van der Waals surface area (Å²) in [6, 6.07) is 19.3. The van der Waals surface area contributed by atoms with Crippen LogP contribution in [0.5, 0.6) is 11.5 Å². The number of nitrogens with one attached hydrogen (secondary N) is 1. The lowest BCUT2D eigenvalue weighted by Gasteiger charge is -2.12. The molecule has 190 valence electrons. The van der Waals surface area contributed by atoms with Crippen molar-refractivity contribution in [2.24, 2.45) is 0 Å². The number of nitrogen functional groups attached to an aromatic ring is 1. The number of aromatic nitrogens is 5. The molecular weight excluding hydrogens is 502 g/mol. The van der Waals surface area contributed by atoms with Gasteiger partial charge in [0, 0.05) is 12.7 Å². The topological polar surface area (TPSA) is 126 Å². The van der Waals surface area contributed by atoms with Crippen LogP contribution in [0, 0.1) is 0 Å². The first-order valence-corrected chi connectivity index (χ1v) is 12.5. The van der Waals surface area contributed by atoms with Crippen LogP contribution < -0.4 is 20.5 Å². The van der Waals surface area contributed by atoms with Gasteiger partial charge in [0.25, 0.3) is 0 Å². The summed E-state index contributed by atoms with van der Waals surface area (Å²) in [5.41, 5.74) is 10.1. The average Bonchev–Trinajstić information content (AvgIpc) is 3.72. The minimum absolute atomic E-state index is 0.433. The lowest BCUT2D eigenvalue weighted by atomic mass is 10.1. The first-order chi connectivity index (χ1) is 18.6. The molecule has 10 nitrogen and oxygen atoms in total. The van der Waals surface area contributed by atoms with Gasteiger partial charge in [-0.25, -0.2) is 15.0 Å². The number of thiazole rings is 1. The van der Waals surface area contributed by atoms with Gasteiger partial charge < -0.3 is 24.9 Å². The number of nitrogens with zero attached hydrogens (tertiary/aromatic N) is 5. The Morgan fingerprint density at radius 2 is 1.84 bits per heavy atom. The van der Waals surface area contributed by atoms with Crippen LogP contribution in [-0.4, -0.2) is 38.8 Å². The van der Waals surface area contributed by atoms with Crippen molar-refractivity contribution >= 4 is 28.1 Å². The second-order valence-corrected chi connectivity index (χ2v) is 9.31. The van der Waals surface area contributed by atoms with Gasteiger partial charge in [0.1, 0.15) is 0 Å². The summed E-state index contributed by atoms with van der Waals surface area (Å²) in [5.74, 6) is 2.80. The lowest BCUT2D eigenvalue weighted by molar-refractivity contribution is 0.354. The van der Waals surface area contributed by atoms with Crippen LogP contribution >= 0.6 is 11.3 Å². The maximum atomic E-state index is 6.16. The molecule has 0 aliphatic rings. The molecule has 4 heterocycles. The molecule has 4 aromatic heterocycles. The highest BCUT2D eigenvalue weighted by Crippen LogP contribution is 2.39. The minimum atomic E-state index is 0.433. The van der Waals surface area contributed by atoms with Crippen molar-refractivity contribution in [1.82, 2.24) is 24.6 Å². The molecule has 6 rings (SSSR count). The Labute approximate surface area is 221 Å². The highest BCUT2D eigenvalue weighted by atomic mass is 32.1. The SMILES string of the molecule is COc1ccc(CNc2ncc(-c3nc(N)sc3-c3ccccc3)c3nc(-c4ccco4)nn23)cc1OC. The number of nitrogens with two attached hydrogens (primary N) is 1. The molecule has 0 unspecified atom stereocenters. The monoisotopic (exact) mass is 525 g/mol. The lowest BCUT2D eigenvalue weighted by Crippen LogP contribution is -2.08. The summed E-state index contributed by atoms with van der Waals surface area (Å²) in [4.78, 5) is 15.1. The quantitative estimate of drug-likeness (QED) is 0.269. The van der Waals surface area contributed by atoms with Gasteiger partial charge >= 0.3 is 0 Å². The fourth-order valence-corrected chi connectivity index (χ4v) is 5.00. The van der Waals surface area contributed by atoms with Crippen molar-refractivity contribution in [3.63, 3.8) is 0 Å². The van der Waals surface area contributed by atoms with Crippen LogP contribution in [0.2, 0.25) is 0 Å². The van der Waals surface area contributed by atoms with Crippen molar-refractivity contribution in [2.45, 2.75) is 6.54 Å². The Kier molecular flexibility index (Phi) is 6.10. The number of anilines is 2. The third-order valence-corrected chi connectivity index (χ3v) is 6.87. The zero-order valence-corrected chi connectivity index (χ0v) is 21.4. The van der Waals surface area contributed by atoms with Gasteiger partial charge in [-0.05, 0) is 35.4 Å².